The maximum absolute atomic E-state index is 12.7. The van der Waals surface area contributed by atoms with Crippen LogP contribution in [0.3, 0.4) is 0 Å². The third kappa shape index (κ3) is 4.18. The number of halogens is 2. The van der Waals surface area contributed by atoms with Gasteiger partial charge in [-0.15, -0.1) is 0 Å². The maximum atomic E-state index is 12.7. The van der Waals surface area contributed by atoms with E-state index in [0.717, 1.165) is 4.31 Å². The number of rotatable bonds is 5. The normalized spacial score (nSPS) is 11.7. The molecule has 2 N–H and O–H groups in total. The van der Waals surface area contributed by atoms with Crippen LogP contribution in [0, 0.1) is 0 Å². The van der Waals surface area contributed by atoms with E-state index in [1.54, 1.807) is 27.1 Å². The minimum atomic E-state index is -3.86. The van der Waals surface area contributed by atoms with Crippen molar-refractivity contribution < 1.29 is 13.2 Å². The molecular formula is C12H17Br2N3O3S. The van der Waals surface area contributed by atoms with E-state index in [9.17, 15) is 13.2 Å². The number of hydrogen-bond acceptors (Lipinski definition) is 4. The summed E-state index contributed by atoms with van der Waals surface area (Å²) in [6, 6.07) is 3.12. The molecular weight excluding hydrogens is 426 g/mol. The molecule has 0 saturated carbocycles. The van der Waals surface area contributed by atoms with Crippen LogP contribution in [0.2, 0.25) is 0 Å². The van der Waals surface area contributed by atoms with Gasteiger partial charge in [0, 0.05) is 29.6 Å². The zero-order chi connectivity index (χ0) is 16.4. The number of anilines is 1. The number of sulfonamides is 1. The van der Waals surface area contributed by atoms with E-state index in [1.807, 2.05) is 0 Å². The van der Waals surface area contributed by atoms with Gasteiger partial charge in [0.1, 0.15) is 4.90 Å². The van der Waals surface area contributed by atoms with Crippen molar-refractivity contribution >= 4 is 53.5 Å². The molecule has 1 aromatic carbocycles. The summed E-state index contributed by atoms with van der Waals surface area (Å²) >= 11 is 6.46. The summed E-state index contributed by atoms with van der Waals surface area (Å²) in [4.78, 5) is 13.1. The number of amides is 1. The second kappa shape index (κ2) is 7.08. The van der Waals surface area contributed by atoms with Crippen molar-refractivity contribution in [3.63, 3.8) is 0 Å². The van der Waals surface area contributed by atoms with Gasteiger partial charge >= 0.3 is 0 Å². The molecule has 0 radical (unpaired) electrons. The first kappa shape index (κ1) is 18.4. The molecule has 1 rings (SSSR count). The summed E-state index contributed by atoms with van der Waals surface area (Å²) in [5.74, 6) is -0.299. The van der Waals surface area contributed by atoms with Gasteiger partial charge < -0.3 is 10.6 Å². The van der Waals surface area contributed by atoms with Crippen LogP contribution >= 0.6 is 31.9 Å². The van der Waals surface area contributed by atoms with Crippen molar-refractivity contribution in [2.45, 2.75) is 11.8 Å². The fourth-order valence-corrected chi connectivity index (χ4v) is 5.05. The highest BCUT2D eigenvalue weighted by Gasteiger charge is 2.29. The second-order valence-electron chi connectivity index (χ2n) is 4.53. The lowest BCUT2D eigenvalue weighted by molar-refractivity contribution is -0.128. The Hall–Kier alpha value is -0.640. The molecule has 0 aliphatic rings. The van der Waals surface area contributed by atoms with Crippen molar-refractivity contribution in [1.29, 1.82) is 0 Å². The summed E-state index contributed by atoms with van der Waals surface area (Å²) < 4.78 is 27.5. The third-order valence-electron chi connectivity index (χ3n) is 2.80. The van der Waals surface area contributed by atoms with Gasteiger partial charge in [-0.25, -0.2) is 8.42 Å². The molecule has 0 aliphatic carbocycles. The topological polar surface area (TPSA) is 83.7 Å². The quantitative estimate of drug-likeness (QED) is 0.705. The van der Waals surface area contributed by atoms with Crippen molar-refractivity contribution in [3.05, 3.63) is 21.1 Å². The Kier molecular flexibility index (Phi) is 6.21. The van der Waals surface area contributed by atoms with E-state index in [1.165, 1.54) is 11.0 Å². The Morgan fingerprint density at radius 1 is 1.29 bits per heavy atom. The number of carbonyl (C=O) groups is 1. The van der Waals surface area contributed by atoms with E-state index < -0.39 is 10.0 Å². The molecule has 0 spiro atoms. The first-order valence-corrected chi connectivity index (χ1v) is 9.08. The first-order valence-electron chi connectivity index (χ1n) is 6.06. The predicted octanol–water partition coefficient (Wildman–Crippen LogP) is 1.89. The molecule has 9 heteroatoms. The Morgan fingerprint density at radius 2 is 1.86 bits per heavy atom. The average molecular weight is 443 g/mol. The lowest BCUT2D eigenvalue weighted by atomic mass is 10.3. The van der Waals surface area contributed by atoms with Crippen LogP contribution in [0.4, 0.5) is 5.69 Å². The van der Waals surface area contributed by atoms with Gasteiger partial charge in [0.15, 0.2) is 0 Å². The van der Waals surface area contributed by atoms with Crippen LogP contribution < -0.4 is 5.73 Å². The van der Waals surface area contributed by atoms with Crippen LogP contribution in [0.1, 0.15) is 6.92 Å². The van der Waals surface area contributed by atoms with E-state index in [4.69, 9.17) is 5.73 Å². The minimum absolute atomic E-state index is 0.0286. The van der Waals surface area contributed by atoms with Gasteiger partial charge in [0.25, 0.3) is 0 Å². The maximum Gasteiger partial charge on any atom is 0.246 e. The lowest BCUT2D eigenvalue weighted by Crippen LogP contribution is -2.40. The number of nitrogen functional groups attached to an aromatic ring is 1. The zero-order valence-corrected chi connectivity index (χ0v) is 15.9. The highest BCUT2D eigenvalue weighted by atomic mass is 79.9. The van der Waals surface area contributed by atoms with Crippen LogP contribution in [0.25, 0.3) is 0 Å². The first-order chi connectivity index (χ1) is 9.61. The smallest absolute Gasteiger partial charge is 0.246 e. The Labute approximate surface area is 141 Å². The van der Waals surface area contributed by atoms with Crippen molar-refractivity contribution in [1.82, 2.24) is 9.21 Å². The Balaban J connectivity index is 3.29. The Bertz CT molecular complexity index is 624. The summed E-state index contributed by atoms with van der Waals surface area (Å²) in [5, 5.41) is 0. The van der Waals surface area contributed by atoms with Crippen LogP contribution in [0.5, 0.6) is 0 Å². The number of nitrogens with two attached hydrogens (primary N) is 1. The number of nitrogens with zero attached hydrogens (tertiary/aromatic N) is 2. The molecule has 0 atom stereocenters. The number of hydrogen-bond donors (Lipinski definition) is 1. The van der Waals surface area contributed by atoms with Crippen LogP contribution in [-0.4, -0.2) is 50.7 Å². The number of likely N-dealkylation sites (N-methyl/N-ethyl adjacent to an activating group) is 2. The van der Waals surface area contributed by atoms with Gasteiger partial charge in [-0.2, -0.15) is 4.31 Å². The van der Waals surface area contributed by atoms with Gasteiger partial charge in [-0.05, 0) is 28.1 Å². The van der Waals surface area contributed by atoms with Crippen LogP contribution in [0.15, 0.2) is 26.0 Å². The molecule has 0 fully saturated rings. The molecule has 0 saturated heterocycles. The standard InChI is InChI=1S/C12H17Br2N3O3S/c1-4-17(7-11(18)16(2)3)21(19,20)12-9(14)5-8(13)6-10(12)15/h5-6H,4,7,15H2,1-3H3. The van der Waals surface area contributed by atoms with Crippen molar-refractivity contribution in [2.24, 2.45) is 0 Å². The lowest BCUT2D eigenvalue weighted by Gasteiger charge is -2.23. The van der Waals surface area contributed by atoms with Gasteiger partial charge in [0.2, 0.25) is 15.9 Å². The average Bonchev–Trinajstić information content (AvgIpc) is 2.33. The summed E-state index contributed by atoms with van der Waals surface area (Å²) in [6.07, 6.45) is 0. The molecule has 0 unspecified atom stereocenters. The fourth-order valence-electron chi connectivity index (χ4n) is 1.64. The summed E-state index contributed by atoms with van der Waals surface area (Å²) in [7, 11) is -0.713. The molecule has 118 valence electrons. The Morgan fingerprint density at radius 3 is 2.29 bits per heavy atom. The molecule has 21 heavy (non-hydrogen) atoms. The van der Waals surface area contributed by atoms with Gasteiger partial charge in [-0.3, -0.25) is 4.79 Å². The zero-order valence-electron chi connectivity index (χ0n) is 11.9. The van der Waals surface area contributed by atoms with Crippen molar-refractivity contribution in [3.8, 4) is 0 Å². The SMILES string of the molecule is CCN(CC(=O)N(C)C)S(=O)(=O)c1c(N)cc(Br)cc1Br. The van der Waals surface area contributed by atoms with E-state index in [-0.39, 0.29) is 29.6 Å². The highest BCUT2D eigenvalue weighted by Crippen LogP contribution is 2.33. The van der Waals surface area contributed by atoms with E-state index in [2.05, 4.69) is 31.9 Å². The molecule has 0 aliphatic heterocycles. The highest BCUT2D eigenvalue weighted by molar-refractivity contribution is 9.11. The summed E-state index contributed by atoms with van der Waals surface area (Å²) in [6.45, 7) is 1.61. The van der Waals surface area contributed by atoms with E-state index in [0.29, 0.717) is 8.95 Å². The van der Waals surface area contributed by atoms with E-state index >= 15 is 0 Å². The predicted molar refractivity (Wildman–Crippen MR) is 89.4 cm³/mol. The van der Waals surface area contributed by atoms with Crippen LogP contribution in [-0.2, 0) is 14.8 Å². The molecule has 0 aromatic heterocycles. The second-order valence-corrected chi connectivity index (χ2v) is 8.17. The van der Waals surface area contributed by atoms with Gasteiger partial charge in [-0.1, -0.05) is 22.9 Å². The van der Waals surface area contributed by atoms with Crippen molar-refractivity contribution in [2.75, 3.05) is 32.9 Å². The molecule has 1 aromatic rings. The third-order valence-corrected chi connectivity index (χ3v) is 6.18. The minimum Gasteiger partial charge on any atom is -0.398 e. The molecule has 6 nitrogen and oxygen atoms in total. The molecule has 0 heterocycles. The molecule has 1 amide bonds. The number of benzene rings is 1. The van der Waals surface area contributed by atoms with Gasteiger partial charge in [0.05, 0.1) is 12.2 Å². The summed E-state index contributed by atoms with van der Waals surface area (Å²) in [5.41, 5.74) is 5.95. The number of carbonyl (C=O) groups excluding carboxylic acids is 1. The molecule has 0 bridgehead atoms. The largest absolute Gasteiger partial charge is 0.398 e. The fraction of sp³-hybridized carbons (Fsp3) is 0.417. The monoisotopic (exact) mass is 441 g/mol.